The Balaban J connectivity index is 3.26. The van der Waals surface area contributed by atoms with Crippen molar-refractivity contribution < 1.29 is 19.0 Å². The predicted molar refractivity (Wildman–Crippen MR) is 62.8 cm³/mol. The van der Waals surface area contributed by atoms with Crippen LogP contribution in [0.15, 0.2) is 17.8 Å². The first kappa shape index (κ1) is 15.1. The molecule has 0 spiro atoms. The van der Waals surface area contributed by atoms with Crippen LogP contribution < -0.4 is 0 Å². The van der Waals surface area contributed by atoms with E-state index in [9.17, 15) is 0 Å². The van der Waals surface area contributed by atoms with Crippen LogP contribution in [-0.2, 0) is 19.0 Å². The number of ether oxygens (including phenoxy) is 3. The Kier molecular flexibility index (Phi) is 11.5. The number of hydrogen-bond acceptors (Lipinski definition) is 5. The lowest BCUT2D eigenvalue weighted by Crippen LogP contribution is -2.11. The Bertz CT molecular complexity index is 194. The number of methoxy groups -OCH3 is 1. The van der Waals surface area contributed by atoms with Crippen LogP contribution in [-0.4, -0.2) is 53.0 Å². The first-order chi connectivity index (χ1) is 7.85. The minimum atomic E-state index is 0.388. The number of rotatable bonds is 11. The van der Waals surface area contributed by atoms with Gasteiger partial charge >= 0.3 is 0 Å². The molecule has 0 aromatic carbocycles. The van der Waals surface area contributed by atoms with Gasteiger partial charge in [0.2, 0.25) is 0 Å². The lowest BCUT2D eigenvalue weighted by molar-refractivity contribution is 0.0510. The fraction of sp³-hybridized carbons (Fsp3) is 0.727. The smallest absolute Gasteiger partial charge is 0.106 e. The number of nitrogens with zero attached hydrogens (tertiary/aromatic N) is 1. The second kappa shape index (κ2) is 12.2. The van der Waals surface area contributed by atoms with Crippen molar-refractivity contribution in [1.29, 1.82) is 0 Å². The molecular weight excluding hydrogens is 210 g/mol. The second-order valence-corrected chi connectivity index (χ2v) is 2.98. The molecule has 0 unspecified atom stereocenters. The minimum absolute atomic E-state index is 0.388. The molecule has 0 N–H and O–H groups in total. The van der Waals surface area contributed by atoms with Crippen LogP contribution in [0.5, 0.6) is 0 Å². The molecule has 94 valence electrons. The second-order valence-electron chi connectivity index (χ2n) is 2.98. The van der Waals surface area contributed by atoms with Crippen LogP contribution >= 0.6 is 0 Å². The molecule has 0 fully saturated rings. The molecule has 0 aromatic heterocycles. The SMILES string of the molecule is C=C/C(COCCOCCCOC)=N\OC. The maximum absolute atomic E-state index is 5.31. The summed E-state index contributed by atoms with van der Waals surface area (Å²) in [6, 6.07) is 0. The van der Waals surface area contributed by atoms with Gasteiger partial charge in [-0.3, -0.25) is 0 Å². The highest BCUT2D eigenvalue weighted by molar-refractivity contribution is 5.95. The van der Waals surface area contributed by atoms with Crippen LogP contribution in [0.3, 0.4) is 0 Å². The van der Waals surface area contributed by atoms with Gasteiger partial charge in [-0.1, -0.05) is 11.7 Å². The highest BCUT2D eigenvalue weighted by atomic mass is 16.6. The van der Waals surface area contributed by atoms with Gasteiger partial charge in [-0.05, 0) is 12.5 Å². The minimum Gasteiger partial charge on any atom is -0.399 e. The Labute approximate surface area is 97.0 Å². The van der Waals surface area contributed by atoms with E-state index in [4.69, 9.17) is 14.2 Å². The molecule has 0 aliphatic heterocycles. The Hall–Kier alpha value is -0.910. The molecule has 0 saturated carbocycles. The maximum atomic E-state index is 5.31. The van der Waals surface area contributed by atoms with Gasteiger partial charge in [0.1, 0.15) is 12.8 Å². The predicted octanol–water partition coefficient (Wildman–Crippen LogP) is 1.24. The molecule has 0 bridgehead atoms. The van der Waals surface area contributed by atoms with E-state index in [2.05, 4.69) is 16.6 Å². The van der Waals surface area contributed by atoms with Gasteiger partial charge < -0.3 is 19.0 Å². The highest BCUT2D eigenvalue weighted by Gasteiger charge is 1.95. The summed E-state index contributed by atoms with van der Waals surface area (Å²) in [4.78, 5) is 4.61. The first-order valence-corrected chi connectivity index (χ1v) is 5.22. The summed E-state index contributed by atoms with van der Waals surface area (Å²) in [7, 11) is 3.16. The lowest BCUT2D eigenvalue weighted by Gasteiger charge is -2.05. The lowest BCUT2D eigenvalue weighted by atomic mass is 10.4. The van der Waals surface area contributed by atoms with Crippen LogP contribution in [0.25, 0.3) is 0 Å². The molecule has 0 heterocycles. The first-order valence-electron chi connectivity index (χ1n) is 5.22. The molecule has 0 aliphatic carbocycles. The summed E-state index contributed by atoms with van der Waals surface area (Å²) in [6.07, 6.45) is 2.50. The summed E-state index contributed by atoms with van der Waals surface area (Å²) < 4.78 is 15.5. The Morgan fingerprint density at radius 3 is 2.50 bits per heavy atom. The van der Waals surface area contributed by atoms with Gasteiger partial charge in [0.05, 0.1) is 19.8 Å². The van der Waals surface area contributed by atoms with E-state index in [0.29, 0.717) is 32.1 Å². The van der Waals surface area contributed by atoms with Crippen molar-refractivity contribution in [3.63, 3.8) is 0 Å². The molecule has 0 saturated heterocycles. The summed E-state index contributed by atoms with van der Waals surface area (Å²) >= 11 is 0. The van der Waals surface area contributed by atoms with E-state index < -0.39 is 0 Å². The molecule has 0 aromatic rings. The summed E-state index contributed by atoms with van der Waals surface area (Å²) in [5.74, 6) is 0. The fourth-order valence-electron chi connectivity index (χ4n) is 0.942. The topological polar surface area (TPSA) is 49.3 Å². The zero-order valence-corrected chi connectivity index (χ0v) is 10.1. The van der Waals surface area contributed by atoms with Crippen LogP contribution in [0, 0.1) is 0 Å². The van der Waals surface area contributed by atoms with E-state index in [1.165, 1.54) is 7.11 Å². The van der Waals surface area contributed by atoms with Gasteiger partial charge in [-0.2, -0.15) is 0 Å². The molecule has 0 rings (SSSR count). The summed E-state index contributed by atoms with van der Waals surface area (Å²) in [5, 5.41) is 3.72. The van der Waals surface area contributed by atoms with Crippen molar-refractivity contribution in [2.45, 2.75) is 6.42 Å². The van der Waals surface area contributed by atoms with Crippen molar-refractivity contribution in [2.75, 3.05) is 47.3 Å². The Morgan fingerprint density at radius 2 is 1.88 bits per heavy atom. The van der Waals surface area contributed by atoms with Crippen molar-refractivity contribution in [3.8, 4) is 0 Å². The average Bonchev–Trinajstić information content (AvgIpc) is 2.31. The van der Waals surface area contributed by atoms with E-state index in [1.54, 1.807) is 13.2 Å². The van der Waals surface area contributed by atoms with Crippen molar-refractivity contribution in [1.82, 2.24) is 0 Å². The van der Waals surface area contributed by atoms with Gasteiger partial charge in [-0.25, -0.2) is 0 Å². The van der Waals surface area contributed by atoms with E-state index in [1.807, 2.05) is 0 Å². The van der Waals surface area contributed by atoms with Crippen molar-refractivity contribution >= 4 is 5.71 Å². The molecule has 0 atom stereocenters. The third-order valence-electron chi connectivity index (χ3n) is 1.70. The molecular formula is C11H21NO4. The van der Waals surface area contributed by atoms with Gasteiger partial charge in [-0.15, -0.1) is 0 Å². The van der Waals surface area contributed by atoms with E-state index in [0.717, 1.165) is 13.0 Å². The van der Waals surface area contributed by atoms with Crippen LogP contribution in [0.4, 0.5) is 0 Å². The van der Waals surface area contributed by atoms with Crippen LogP contribution in [0.2, 0.25) is 0 Å². The largest absolute Gasteiger partial charge is 0.399 e. The highest BCUT2D eigenvalue weighted by Crippen LogP contribution is 1.87. The zero-order chi connectivity index (χ0) is 12.1. The monoisotopic (exact) mass is 231 g/mol. The zero-order valence-electron chi connectivity index (χ0n) is 10.1. The molecule has 0 amide bonds. The van der Waals surface area contributed by atoms with E-state index in [-0.39, 0.29) is 0 Å². The molecule has 0 aliphatic rings. The molecule has 16 heavy (non-hydrogen) atoms. The molecule has 5 heteroatoms. The third kappa shape index (κ3) is 9.64. The van der Waals surface area contributed by atoms with Gasteiger partial charge in [0, 0.05) is 20.3 Å². The normalized spacial score (nSPS) is 11.5. The van der Waals surface area contributed by atoms with Crippen LogP contribution in [0.1, 0.15) is 6.42 Å². The molecule has 0 radical (unpaired) electrons. The van der Waals surface area contributed by atoms with E-state index >= 15 is 0 Å². The quantitative estimate of drug-likeness (QED) is 0.305. The number of oxime groups is 1. The standard InChI is InChI=1S/C11H21NO4/c1-4-11(12-14-3)10-16-9-8-15-7-5-6-13-2/h4H,1,5-10H2,2-3H3/b12-11+. The van der Waals surface area contributed by atoms with Crippen molar-refractivity contribution in [3.05, 3.63) is 12.7 Å². The number of hydrogen-bond donors (Lipinski definition) is 0. The van der Waals surface area contributed by atoms with Gasteiger partial charge in [0.25, 0.3) is 0 Å². The Morgan fingerprint density at radius 1 is 1.12 bits per heavy atom. The van der Waals surface area contributed by atoms with Gasteiger partial charge in [0.15, 0.2) is 0 Å². The summed E-state index contributed by atoms with van der Waals surface area (Å²) in [6.45, 7) is 6.50. The third-order valence-corrected chi connectivity index (χ3v) is 1.70. The van der Waals surface area contributed by atoms with Crippen molar-refractivity contribution in [2.24, 2.45) is 5.16 Å². The fourth-order valence-corrected chi connectivity index (χ4v) is 0.942. The molecule has 5 nitrogen and oxygen atoms in total. The maximum Gasteiger partial charge on any atom is 0.106 e. The summed E-state index contributed by atoms with van der Waals surface area (Å²) in [5.41, 5.74) is 0.668. The average molecular weight is 231 g/mol.